The van der Waals surface area contributed by atoms with Gasteiger partial charge in [0.2, 0.25) is 5.91 Å². The van der Waals surface area contributed by atoms with Crippen LogP contribution in [0.25, 0.3) is 0 Å². The van der Waals surface area contributed by atoms with Crippen molar-refractivity contribution in [1.29, 1.82) is 0 Å². The number of halogens is 1. The van der Waals surface area contributed by atoms with E-state index in [4.69, 9.17) is 0 Å². The van der Waals surface area contributed by atoms with Crippen molar-refractivity contribution >= 4 is 17.5 Å². The summed E-state index contributed by atoms with van der Waals surface area (Å²) in [5.74, 6) is -1.44. The van der Waals surface area contributed by atoms with Crippen molar-refractivity contribution in [1.82, 2.24) is 10.7 Å². The van der Waals surface area contributed by atoms with Gasteiger partial charge in [-0.1, -0.05) is 12.1 Å². The number of nitrogens with zero attached hydrogens (tertiary/aromatic N) is 1. The molecule has 0 heterocycles. The van der Waals surface area contributed by atoms with Gasteiger partial charge >= 0.3 is 0 Å². The van der Waals surface area contributed by atoms with Gasteiger partial charge < -0.3 is 5.32 Å². The number of carbonyl (C=O) groups is 2. The van der Waals surface area contributed by atoms with Crippen molar-refractivity contribution in [3.63, 3.8) is 0 Å². The smallest absolute Gasteiger partial charge is 0.274 e. The lowest BCUT2D eigenvalue weighted by Gasteiger charge is -2.08. The quantitative estimate of drug-likeness (QED) is 0.638. The first kappa shape index (κ1) is 15.8. The standard InChI is InChI=1S/C14H18FN3O2/c1-9(2)16-13(19)8-10(3)17-18-14(20)11-6-4-5-7-12(11)15/h4-7,9H,8H2,1-3H3,(H,16,19)(H,18,20). The van der Waals surface area contributed by atoms with Gasteiger partial charge in [0, 0.05) is 11.8 Å². The van der Waals surface area contributed by atoms with Crippen LogP contribution in [0.2, 0.25) is 0 Å². The molecule has 1 rings (SSSR count). The molecule has 0 bridgehead atoms. The summed E-state index contributed by atoms with van der Waals surface area (Å²) in [5, 5.41) is 6.49. The highest BCUT2D eigenvalue weighted by molar-refractivity contribution is 6.01. The molecule has 0 aliphatic carbocycles. The Morgan fingerprint density at radius 2 is 1.95 bits per heavy atom. The maximum atomic E-state index is 13.3. The highest BCUT2D eigenvalue weighted by atomic mass is 19.1. The van der Waals surface area contributed by atoms with E-state index in [-0.39, 0.29) is 23.9 Å². The Balaban J connectivity index is 2.57. The normalized spacial score (nSPS) is 11.3. The van der Waals surface area contributed by atoms with Crippen LogP contribution in [-0.2, 0) is 4.79 Å². The van der Waals surface area contributed by atoms with Crippen molar-refractivity contribution < 1.29 is 14.0 Å². The molecular formula is C14H18FN3O2. The van der Waals surface area contributed by atoms with E-state index in [2.05, 4.69) is 15.8 Å². The molecule has 0 spiro atoms. The lowest BCUT2D eigenvalue weighted by atomic mass is 10.2. The summed E-state index contributed by atoms with van der Waals surface area (Å²) in [5.41, 5.74) is 2.58. The van der Waals surface area contributed by atoms with E-state index in [0.717, 1.165) is 0 Å². The number of hydrazone groups is 1. The van der Waals surface area contributed by atoms with Gasteiger partial charge in [0.15, 0.2) is 0 Å². The molecule has 0 unspecified atom stereocenters. The Labute approximate surface area is 117 Å². The topological polar surface area (TPSA) is 70.6 Å². The zero-order valence-corrected chi connectivity index (χ0v) is 11.7. The first-order valence-corrected chi connectivity index (χ1v) is 6.27. The summed E-state index contributed by atoms with van der Waals surface area (Å²) in [7, 11) is 0. The van der Waals surface area contributed by atoms with Crippen LogP contribution in [0.3, 0.4) is 0 Å². The third-order valence-corrected chi connectivity index (χ3v) is 2.33. The van der Waals surface area contributed by atoms with Crippen LogP contribution in [-0.4, -0.2) is 23.6 Å². The molecule has 0 atom stereocenters. The molecule has 0 aliphatic heterocycles. The van der Waals surface area contributed by atoms with Crippen LogP contribution in [0, 0.1) is 5.82 Å². The predicted octanol–water partition coefficient (Wildman–Crippen LogP) is 1.85. The molecule has 0 aliphatic rings. The minimum absolute atomic E-state index is 0.0447. The van der Waals surface area contributed by atoms with Crippen molar-refractivity contribution in [2.24, 2.45) is 5.10 Å². The molecule has 1 aromatic rings. The minimum Gasteiger partial charge on any atom is -0.354 e. The number of hydrogen-bond acceptors (Lipinski definition) is 3. The zero-order valence-electron chi connectivity index (χ0n) is 11.7. The molecule has 0 saturated carbocycles. The average molecular weight is 279 g/mol. The molecule has 108 valence electrons. The summed E-state index contributed by atoms with van der Waals surface area (Å²) < 4.78 is 13.3. The van der Waals surface area contributed by atoms with E-state index in [9.17, 15) is 14.0 Å². The van der Waals surface area contributed by atoms with Gasteiger partial charge in [-0.3, -0.25) is 9.59 Å². The monoisotopic (exact) mass is 279 g/mol. The summed E-state index contributed by atoms with van der Waals surface area (Å²) in [6, 6.07) is 5.66. The van der Waals surface area contributed by atoms with Gasteiger partial charge in [-0.15, -0.1) is 0 Å². The SMILES string of the molecule is CC(CC(=O)NC(C)C)=NNC(=O)c1ccccc1F. The predicted molar refractivity (Wildman–Crippen MR) is 74.9 cm³/mol. The van der Waals surface area contributed by atoms with E-state index < -0.39 is 11.7 Å². The van der Waals surface area contributed by atoms with Crippen molar-refractivity contribution in [2.45, 2.75) is 33.2 Å². The van der Waals surface area contributed by atoms with Crippen LogP contribution in [0.15, 0.2) is 29.4 Å². The molecule has 20 heavy (non-hydrogen) atoms. The Kier molecular flexibility index (Phi) is 5.83. The number of benzene rings is 1. The van der Waals surface area contributed by atoms with Crippen LogP contribution in [0.1, 0.15) is 37.6 Å². The first-order valence-electron chi connectivity index (χ1n) is 6.27. The summed E-state index contributed by atoms with van der Waals surface area (Å²) in [6.45, 7) is 5.32. The van der Waals surface area contributed by atoms with Gasteiger partial charge in [0.05, 0.1) is 12.0 Å². The third-order valence-electron chi connectivity index (χ3n) is 2.33. The van der Waals surface area contributed by atoms with E-state index in [1.54, 1.807) is 13.0 Å². The number of rotatable bonds is 5. The fourth-order valence-electron chi connectivity index (χ4n) is 1.50. The van der Waals surface area contributed by atoms with Gasteiger partial charge in [0.1, 0.15) is 5.82 Å². The maximum Gasteiger partial charge on any atom is 0.274 e. The number of hydrogen-bond donors (Lipinski definition) is 2. The largest absolute Gasteiger partial charge is 0.354 e. The maximum absolute atomic E-state index is 13.3. The molecule has 2 N–H and O–H groups in total. The Morgan fingerprint density at radius 1 is 1.30 bits per heavy atom. The van der Waals surface area contributed by atoms with Gasteiger partial charge in [-0.05, 0) is 32.9 Å². The molecule has 0 saturated heterocycles. The van der Waals surface area contributed by atoms with E-state index in [0.29, 0.717) is 5.71 Å². The van der Waals surface area contributed by atoms with Crippen molar-refractivity contribution in [3.05, 3.63) is 35.6 Å². The van der Waals surface area contributed by atoms with Crippen LogP contribution < -0.4 is 10.7 Å². The van der Waals surface area contributed by atoms with Crippen molar-refractivity contribution in [2.75, 3.05) is 0 Å². The summed E-state index contributed by atoms with van der Waals surface area (Å²) in [4.78, 5) is 23.1. The highest BCUT2D eigenvalue weighted by Crippen LogP contribution is 2.05. The number of nitrogens with one attached hydrogen (secondary N) is 2. The molecule has 0 radical (unpaired) electrons. The number of carbonyl (C=O) groups excluding carboxylic acids is 2. The fourth-order valence-corrected chi connectivity index (χ4v) is 1.50. The lowest BCUT2D eigenvalue weighted by Crippen LogP contribution is -2.31. The van der Waals surface area contributed by atoms with Gasteiger partial charge in [0.25, 0.3) is 5.91 Å². The molecule has 2 amide bonds. The van der Waals surface area contributed by atoms with E-state index in [1.165, 1.54) is 18.2 Å². The molecule has 0 aromatic heterocycles. The van der Waals surface area contributed by atoms with Crippen LogP contribution in [0.4, 0.5) is 4.39 Å². The molecular weight excluding hydrogens is 261 g/mol. The number of amides is 2. The van der Waals surface area contributed by atoms with Gasteiger partial charge in [-0.2, -0.15) is 5.10 Å². The summed E-state index contributed by atoms with van der Waals surface area (Å²) in [6.07, 6.45) is 0.0791. The first-order chi connectivity index (χ1) is 9.40. The van der Waals surface area contributed by atoms with Gasteiger partial charge in [-0.25, -0.2) is 9.82 Å². The highest BCUT2D eigenvalue weighted by Gasteiger charge is 2.10. The second-order valence-corrected chi connectivity index (χ2v) is 4.67. The Bertz CT molecular complexity index is 527. The Hall–Kier alpha value is -2.24. The molecule has 5 nitrogen and oxygen atoms in total. The fraction of sp³-hybridized carbons (Fsp3) is 0.357. The Morgan fingerprint density at radius 3 is 2.55 bits per heavy atom. The second-order valence-electron chi connectivity index (χ2n) is 4.67. The van der Waals surface area contributed by atoms with Crippen molar-refractivity contribution in [3.8, 4) is 0 Å². The minimum atomic E-state index is -0.647. The molecule has 6 heteroatoms. The molecule has 0 fully saturated rings. The van der Waals surface area contributed by atoms with Crippen LogP contribution >= 0.6 is 0 Å². The molecule has 1 aromatic carbocycles. The lowest BCUT2D eigenvalue weighted by molar-refractivity contribution is -0.120. The van der Waals surface area contributed by atoms with Crippen LogP contribution in [0.5, 0.6) is 0 Å². The van der Waals surface area contributed by atoms with E-state index in [1.807, 2.05) is 13.8 Å². The second kappa shape index (κ2) is 7.37. The third kappa shape index (κ3) is 5.17. The summed E-state index contributed by atoms with van der Waals surface area (Å²) >= 11 is 0. The zero-order chi connectivity index (χ0) is 15.1. The average Bonchev–Trinajstić information content (AvgIpc) is 2.35. The van der Waals surface area contributed by atoms with E-state index >= 15 is 0 Å².